The van der Waals surface area contributed by atoms with Crippen LogP contribution in [-0.4, -0.2) is 10.2 Å². The van der Waals surface area contributed by atoms with Crippen molar-refractivity contribution in [3.8, 4) is 22.5 Å². The quantitative estimate of drug-likeness (QED) is 0.595. The van der Waals surface area contributed by atoms with E-state index in [1.807, 2.05) is 6.08 Å². The Balaban J connectivity index is 1.62. The summed E-state index contributed by atoms with van der Waals surface area (Å²) in [6, 6.07) is 15.4. The zero-order valence-electron chi connectivity index (χ0n) is 14.5. The number of rotatable bonds is 5. The minimum absolute atomic E-state index is 0.992. The van der Waals surface area contributed by atoms with Gasteiger partial charge in [-0.3, -0.25) is 5.10 Å². The fourth-order valence-corrected chi connectivity index (χ4v) is 3.43. The lowest BCUT2D eigenvalue weighted by atomic mass is 9.99. The summed E-state index contributed by atoms with van der Waals surface area (Å²) in [6.07, 6.45) is 9.48. The standard InChI is InChI=1S/C23H22N2/c1-3-4-6-17-9-11-20(13-16(17)2)22-15-23(25-24-22)21-12-10-18-7-5-8-19(18)14-21/h3,5,8-15H,1,4,6-7H2,2H3,(H,24,25). The van der Waals surface area contributed by atoms with Crippen LogP contribution in [0.2, 0.25) is 0 Å². The largest absolute Gasteiger partial charge is 0.277 e. The van der Waals surface area contributed by atoms with E-state index in [4.69, 9.17) is 0 Å². The van der Waals surface area contributed by atoms with Crippen molar-refractivity contribution in [2.24, 2.45) is 0 Å². The Kier molecular flexibility index (Phi) is 4.10. The Morgan fingerprint density at radius 3 is 2.84 bits per heavy atom. The first-order valence-corrected chi connectivity index (χ1v) is 8.80. The predicted molar refractivity (Wildman–Crippen MR) is 105 cm³/mol. The highest BCUT2D eigenvalue weighted by Crippen LogP contribution is 2.29. The molecule has 1 aromatic heterocycles. The third-order valence-electron chi connectivity index (χ3n) is 4.93. The molecule has 0 amide bonds. The molecule has 2 heteroatoms. The molecule has 1 N–H and O–H groups in total. The second kappa shape index (κ2) is 6.56. The van der Waals surface area contributed by atoms with Gasteiger partial charge in [-0.1, -0.05) is 42.5 Å². The number of aromatic amines is 1. The monoisotopic (exact) mass is 326 g/mol. The van der Waals surface area contributed by atoms with E-state index in [0.717, 1.165) is 36.2 Å². The Labute approximate surface area is 148 Å². The number of hydrogen-bond acceptors (Lipinski definition) is 1. The summed E-state index contributed by atoms with van der Waals surface area (Å²) in [6.45, 7) is 5.98. The zero-order chi connectivity index (χ0) is 17.2. The first-order chi connectivity index (χ1) is 12.2. The fraction of sp³-hybridized carbons (Fsp3) is 0.174. The van der Waals surface area contributed by atoms with Crippen LogP contribution in [0.25, 0.3) is 28.6 Å². The van der Waals surface area contributed by atoms with Gasteiger partial charge in [0, 0.05) is 5.56 Å². The second-order valence-corrected chi connectivity index (χ2v) is 6.66. The van der Waals surface area contributed by atoms with E-state index in [2.05, 4.69) is 78.3 Å². The van der Waals surface area contributed by atoms with E-state index in [1.54, 1.807) is 0 Å². The Hall–Kier alpha value is -2.87. The molecule has 0 atom stereocenters. The zero-order valence-corrected chi connectivity index (χ0v) is 14.5. The molecule has 2 aromatic carbocycles. The van der Waals surface area contributed by atoms with Crippen molar-refractivity contribution in [3.63, 3.8) is 0 Å². The maximum absolute atomic E-state index is 4.53. The van der Waals surface area contributed by atoms with Gasteiger partial charge in [-0.25, -0.2) is 0 Å². The Bertz CT molecular complexity index is 960. The van der Waals surface area contributed by atoms with Crippen LogP contribution < -0.4 is 0 Å². The van der Waals surface area contributed by atoms with Crippen molar-refractivity contribution in [1.82, 2.24) is 10.2 Å². The average Bonchev–Trinajstić information content (AvgIpc) is 3.29. The highest BCUT2D eigenvalue weighted by molar-refractivity contribution is 5.72. The number of fused-ring (bicyclic) bond motifs is 1. The SMILES string of the molecule is C=CCCc1ccc(-c2cc(-c3ccc4c(c3)C=CC4)n[nH]2)cc1C. The highest BCUT2D eigenvalue weighted by Gasteiger charge is 2.10. The predicted octanol–water partition coefficient (Wildman–Crippen LogP) is 5.74. The van der Waals surface area contributed by atoms with E-state index < -0.39 is 0 Å². The number of nitrogens with zero attached hydrogens (tertiary/aromatic N) is 1. The van der Waals surface area contributed by atoms with Crippen molar-refractivity contribution in [2.45, 2.75) is 26.2 Å². The molecule has 1 aliphatic carbocycles. The molecular formula is C23H22N2. The van der Waals surface area contributed by atoms with Gasteiger partial charge in [0.05, 0.1) is 11.4 Å². The van der Waals surface area contributed by atoms with Gasteiger partial charge in [-0.2, -0.15) is 5.10 Å². The van der Waals surface area contributed by atoms with Crippen LogP contribution in [0.4, 0.5) is 0 Å². The minimum Gasteiger partial charge on any atom is -0.277 e. The minimum atomic E-state index is 0.992. The summed E-state index contributed by atoms with van der Waals surface area (Å²) in [5, 5.41) is 7.72. The number of H-pyrrole nitrogens is 1. The van der Waals surface area contributed by atoms with Crippen molar-refractivity contribution in [3.05, 3.63) is 83.4 Å². The summed E-state index contributed by atoms with van der Waals surface area (Å²) in [4.78, 5) is 0. The van der Waals surface area contributed by atoms with E-state index in [9.17, 15) is 0 Å². The fourth-order valence-electron chi connectivity index (χ4n) is 3.43. The van der Waals surface area contributed by atoms with Crippen molar-refractivity contribution >= 4 is 6.08 Å². The van der Waals surface area contributed by atoms with Gasteiger partial charge in [-0.15, -0.1) is 6.58 Å². The maximum atomic E-state index is 4.53. The Morgan fingerprint density at radius 1 is 1.12 bits per heavy atom. The molecule has 0 spiro atoms. The molecule has 0 radical (unpaired) electrons. The Morgan fingerprint density at radius 2 is 2.00 bits per heavy atom. The molecule has 3 aromatic rings. The van der Waals surface area contributed by atoms with Crippen LogP contribution >= 0.6 is 0 Å². The van der Waals surface area contributed by atoms with Crippen LogP contribution in [0.1, 0.15) is 28.7 Å². The van der Waals surface area contributed by atoms with Gasteiger partial charge in [0.2, 0.25) is 0 Å². The summed E-state index contributed by atoms with van der Waals surface area (Å²) < 4.78 is 0. The molecule has 25 heavy (non-hydrogen) atoms. The number of hydrogen-bond donors (Lipinski definition) is 1. The van der Waals surface area contributed by atoms with Crippen LogP contribution in [0.5, 0.6) is 0 Å². The molecule has 124 valence electrons. The summed E-state index contributed by atoms with van der Waals surface area (Å²) in [5.74, 6) is 0. The number of benzene rings is 2. The van der Waals surface area contributed by atoms with Crippen LogP contribution in [0.3, 0.4) is 0 Å². The van der Waals surface area contributed by atoms with E-state index in [-0.39, 0.29) is 0 Å². The average molecular weight is 326 g/mol. The topological polar surface area (TPSA) is 28.7 Å². The molecule has 0 saturated heterocycles. The molecule has 0 fully saturated rings. The maximum Gasteiger partial charge on any atom is 0.0927 e. The van der Waals surface area contributed by atoms with E-state index >= 15 is 0 Å². The molecule has 0 saturated carbocycles. The van der Waals surface area contributed by atoms with Crippen LogP contribution in [0.15, 0.2) is 61.2 Å². The van der Waals surface area contributed by atoms with Crippen LogP contribution in [0, 0.1) is 6.92 Å². The van der Waals surface area contributed by atoms with E-state index in [0.29, 0.717) is 0 Å². The molecule has 0 unspecified atom stereocenters. The number of nitrogens with one attached hydrogen (secondary N) is 1. The van der Waals surface area contributed by atoms with Gasteiger partial charge >= 0.3 is 0 Å². The summed E-state index contributed by atoms with van der Waals surface area (Å²) >= 11 is 0. The molecular weight excluding hydrogens is 304 g/mol. The van der Waals surface area contributed by atoms with Gasteiger partial charge in [0.1, 0.15) is 0 Å². The third kappa shape index (κ3) is 3.08. The van der Waals surface area contributed by atoms with Crippen molar-refractivity contribution in [2.75, 3.05) is 0 Å². The molecule has 0 bridgehead atoms. The molecule has 0 aliphatic heterocycles. The number of aryl methyl sites for hydroxylation is 2. The lowest BCUT2D eigenvalue weighted by Gasteiger charge is -2.06. The van der Waals surface area contributed by atoms with Gasteiger partial charge in [-0.05, 0) is 72.2 Å². The van der Waals surface area contributed by atoms with Gasteiger partial charge < -0.3 is 0 Å². The normalized spacial score (nSPS) is 12.4. The molecule has 1 heterocycles. The van der Waals surface area contributed by atoms with Gasteiger partial charge in [0.15, 0.2) is 0 Å². The van der Waals surface area contributed by atoms with Gasteiger partial charge in [0.25, 0.3) is 0 Å². The summed E-state index contributed by atoms with van der Waals surface area (Å²) in [7, 11) is 0. The molecule has 4 rings (SSSR count). The lowest BCUT2D eigenvalue weighted by molar-refractivity contribution is 0.989. The molecule has 1 aliphatic rings. The van der Waals surface area contributed by atoms with E-state index in [1.165, 1.54) is 27.8 Å². The second-order valence-electron chi connectivity index (χ2n) is 6.66. The summed E-state index contributed by atoms with van der Waals surface area (Å²) in [5.41, 5.74) is 9.80. The van der Waals surface area contributed by atoms with Crippen molar-refractivity contribution in [1.29, 1.82) is 0 Å². The number of aromatic nitrogens is 2. The first-order valence-electron chi connectivity index (χ1n) is 8.80. The third-order valence-corrected chi connectivity index (χ3v) is 4.93. The lowest BCUT2D eigenvalue weighted by Crippen LogP contribution is -1.90. The van der Waals surface area contributed by atoms with Crippen LogP contribution in [-0.2, 0) is 12.8 Å². The molecule has 2 nitrogen and oxygen atoms in total. The first kappa shape index (κ1) is 15.6. The highest BCUT2D eigenvalue weighted by atomic mass is 15.1. The van der Waals surface area contributed by atoms with Crippen molar-refractivity contribution < 1.29 is 0 Å². The number of allylic oxidation sites excluding steroid dienone is 2. The smallest absolute Gasteiger partial charge is 0.0927 e.